The number of carbonyl (C=O) groups is 4. The minimum absolute atomic E-state index is 0.0501. The van der Waals surface area contributed by atoms with Crippen molar-refractivity contribution in [2.24, 2.45) is 0 Å². The highest BCUT2D eigenvalue weighted by atomic mass is 19.1. The first-order valence-corrected chi connectivity index (χ1v) is 6.50. The fraction of sp³-hybridized carbons (Fsp3) is 0.200. The van der Waals surface area contributed by atoms with Gasteiger partial charge in [-0.25, -0.2) is 14.0 Å². The minimum Gasteiger partial charge on any atom is -0.494 e. The summed E-state index contributed by atoms with van der Waals surface area (Å²) >= 11 is 0. The number of amides is 1. The smallest absolute Gasteiger partial charge is 0.356 e. The Labute approximate surface area is 135 Å². The molecule has 0 N–H and O–H groups in total. The molecule has 0 aromatic heterocycles. The molecule has 1 amide bonds. The zero-order chi connectivity index (χ0) is 18.0. The first-order valence-electron chi connectivity index (χ1n) is 6.50. The molecule has 0 saturated heterocycles. The van der Waals surface area contributed by atoms with Crippen LogP contribution in [0.4, 0.5) is 10.1 Å². The van der Waals surface area contributed by atoms with Gasteiger partial charge in [-0.1, -0.05) is 0 Å². The Morgan fingerprint density at radius 3 is 2.21 bits per heavy atom. The molecule has 1 aliphatic heterocycles. The number of carbonyl (C=O) groups excluding carboxylic acids is 4. The van der Waals surface area contributed by atoms with Crippen LogP contribution in [0.1, 0.15) is 0 Å². The molecule has 0 spiro atoms. The molecule has 1 heterocycles. The lowest BCUT2D eigenvalue weighted by Crippen LogP contribution is -2.31. The summed E-state index contributed by atoms with van der Waals surface area (Å²) in [5.41, 5.74) is -1.41. The molecule has 0 fully saturated rings. The van der Waals surface area contributed by atoms with Crippen molar-refractivity contribution in [3.8, 4) is 5.75 Å². The maximum absolute atomic E-state index is 13.5. The Morgan fingerprint density at radius 2 is 1.67 bits per heavy atom. The zero-order valence-electron chi connectivity index (χ0n) is 12.9. The van der Waals surface area contributed by atoms with Crippen LogP contribution in [0.15, 0.2) is 29.5 Å². The third-order valence-electron chi connectivity index (χ3n) is 3.25. The van der Waals surface area contributed by atoms with Crippen LogP contribution in [0.3, 0.4) is 0 Å². The summed E-state index contributed by atoms with van der Waals surface area (Å²) in [4.78, 5) is 48.8. The molecule has 0 saturated carbocycles. The predicted octanol–water partition coefficient (Wildman–Crippen LogP) is 0.350. The average Bonchev–Trinajstić information content (AvgIpc) is 2.85. The lowest BCUT2D eigenvalue weighted by molar-refractivity contribution is -0.141. The molecule has 24 heavy (non-hydrogen) atoms. The van der Waals surface area contributed by atoms with Gasteiger partial charge in [-0.15, -0.1) is 0 Å². The molecular formula is C15H12FNO7. The molecule has 1 aliphatic rings. The molecular weight excluding hydrogens is 325 g/mol. The molecule has 0 bridgehead atoms. The van der Waals surface area contributed by atoms with Crippen LogP contribution in [-0.4, -0.2) is 45.0 Å². The van der Waals surface area contributed by atoms with E-state index in [1.807, 2.05) is 0 Å². The van der Waals surface area contributed by atoms with Crippen molar-refractivity contribution >= 4 is 29.3 Å². The second-order valence-electron chi connectivity index (χ2n) is 4.50. The number of hydrogen-bond donors (Lipinski definition) is 0. The van der Waals surface area contributed by atoms with Crippen LogP contribution >= 0.6 is 0 Å². The van der Waals surface area contributed by atoms with Gasteiger partial charge in [0.2, 0.25) is 0 Å². The van der Waals surface area contributed by atoms with E-state index in [2.05, 4.69) is 9.47 Å². The van der Waals surface area contributed by atoms with Gasteiger partial charge < -0.3 is 14.2 Å². The highest BCUT2D eigenvalue weighted by Gasteiger charge is 2.47. The normalized spacial score (nSPS) is 14.1. The summed E-state index contributed by atoms with van der Waals surface area (Å²) in [5.74, 6) is -5.60. The highest BCUT2D eigenvalue weighted by molar-refractivity contribution is 6.57. The van der Waals surface area contributed by atoms with E-state index < -0.39 is 40.7 Å². The molecule has 126 valence electrons. The second-order valence-corrected chi connectivity index (χ2v) is 4.50. The maximum atomic E-state index is 13.5. The number of anilines is 1. The van der Waals surface area contributed by atoms with Gasteiger partial charge in [0.1, 0.15) is 5.57 Å². The SMILES string of the molecule is COC(=O)C1=C(C(=O)OC)N(c2ccc(F)c(OC)c2)C(=O)C1=O. The largest absolute Gasteiger partial charge is 0.494 e. The van der Waals surface area contributed by atoms with Gasteiger partial charge in [0.15, 0.2) is 17.3 Å². The number of halogens is 1. The van der Waals surface area contributed by atoms with E-state index >= 15 is 0 Å². The van der Waals surface area contributed by atoms with Gasteiger partial charge >= 0.3 is 17.8 Å². The number of esters is 2. The second kappa shape index (κ2) is 6.49. The number of benzene rings is 1. The van der Waals surface area contributed by atoms with Crippen molar-refractivity contribution in [3.05, 3.63) is 35.3 Å². The highest BCUT2D eigenvalue weighted by Crippen LogP contribution is 2.33. The molecule has 1 aromatic carbocycles. The first kappa shape index (κ1) is 17.1. The van der Waals surface area contributed by atoms with Crippen molar-refractivity contribution in [1.82, 2.24) is 0 Å². The molecule has 0 radical (unpaired) electrons. The zero-order valence-corrected chi connectivity index (χ0v) is 12.9. The minimum atomic E-state index is -1.23. The first-order chi connectivity index (χ1) is 11.4. The van der Waals surface area contributed by atoms with E-state index in [0.717, 1.165) is 32.4 Å². The quantitative estimate of drug-likeness (QED) is 0.444. The van der Waals surface area contributed by atoms with Gasteiger partial charge in [-0.3, -0.25) is 14.5 Å². The summed E-state index contributed by atoms with van der Waals surface area (Å²) in [5, 5.41) is 0. The van der Waals surface area contributed by atoms with Crippen LogP contribution in [-0.2, 0) is 28.7 Å². The van der Waals surface area contributed by atoms with Gasteiger partial charge in [0.05, 0.1) is 27.0 Å². The predicted molar refractivity (Wildman–Crippen MR) is 76.5 cm³/mol. The van der Waals surface area contributed by atoms with Crippen LogP contribution in [0, 0.1) is 5.82 Å². The maximum Gasteiger partial charge on any atom is 0.356 e. The monoisotopic (exact) mass is 337 g/mol. The third kappa shape index (κ3) is 2.60. The van der Waals surface area contributed by atoms with Gasteiger partial charge in [0.25, 0.3) is 5.78 Å². The van der Waals surface area contributed by atoms with E-state index in [0.29, 0.717) is 4.90 Å². The molecule has 0 unspecified atom stereocenters. The van der Waals surface area contributed by atoms with E-state index in [1.165, 1.54) is 7.11 Å². The van der Waals surface area contributed by atoms with Crippen molar-refractivity contribution < 1.29 is 37.8 Å². The standard InChI is InChI=1S/C15H12FNO7/c1-22-9-6-7(4-5-8(9)16)17-11(15(21)24-3)10(14(20)23-2)12(18)13(17)19/h4-6H,1-3H3. The number of hydrogen-bond acceptors (Lipinski definition) is 7. The number of ether oxygens (including phenoxy) is 3. The fourth-order valence-electron chi connectivity index (χ4n) is 2.14. The topological polar surface area (TPSA) is 99.2 Å². The Bertz CT molecular complexity index is 784. The lowest BCUT2D eigenvalue weighted by Gasteiger charge is -2.18. The average molecular weight is 337 g/mol. The van der Waals surface area contributed by atoms with Crippen LogP contribution in [0.2, 0.25) is 0 Å². The summed E-state index contributed by atoms with van der Waals surface area (Å²) in [7, 11) is 3.21. The fourth-order valence-corrected chi connectivity index (χ4v) is 2.14. The molecule has 1 aromatic rings. The number of rotatable bonds is 4. The van der Waals surface area contributed by atoms with Crippen molar-refractivity contribution in [3.63, 3.8) is 0 Å². The third-order valence-corrected chi connectivity index (χ3v) is 3.25. The summed E-state index contributed by atoms with van der Waals surface area (Å²) in [6.45, 7) is 0. The molecule has 0 atom stereocenters. The number of methoxy groups -OCH3 is 3. The van der Waals surface area contributed by atoms with Gasteiger partial charge in [0, 0.05) is 6.07 Å². The van der Waals surface area contributed by atoms with Crippen molar-refractivity contribution in [1.29, 1.82) is 0 Å². The Morgan fingerprint density at radius 1 is 1.04 bits per heavy atom. The number of nitrogens with zero attached hydrogens (tertiary/aromatic N) is 1. The van der Waals surface area contributed by atoms with Crippen LogP contribution < -0.4 is 9.64 Å². The Balaban J connectivity index is 2.69. The van der Waals surface area contributed by atoms with E-state index in [4.69, 9.17) is 4.74 Å². The number of ketones is 1. The van der Waals surface area contributed by atoms with E-state index in [-0.39, 0.29) is 11.4 Å². The molecule has 2 rings (SSSR count). The molecule has 9 heteroatoms. The van der Waals surface area contributed by atoms with Crippen molar-refractivity contribution in [2.45, 2.75) is 0 Å². The molecule has 0 aliphatic carbocycles. The lowest BCUT2D eigenvalue weighted by atomic mass is 10.1. The van der Waals surface area contributed by atoms with Crippen LogP contribution in [0.5, 0.6) is 5.75 Å². The van der Waals surface area contributed by atoms with E-state index in [1.54, 1.807) is 0 Å². The van der Waals surface area contributed by atoms with E-state index in [9.17, 15) is 23.6 Å². The number of Topliss-reactive ketones (excluding diaryl/α,β-unsaturated/α-hetero) is 1. The summed E-state index contributed by atoms with van der Waals surface area (Å²) in [6.07, 6.45) is 0. The van der Waals surface area contributed by atoms with Crippen LogP contribution in [0.25, 0.3) is 0 Å². The van der Waals surface area contributed by atoms with Crippen molar-refractivity contribution in [2.75, 3.05) is 26.2 Å². The summed E-state index contributed by atoms with van der Waals surface area (Å²) < 4.78 is 27.3. The Hall–Kier alpha value is -3.23. The summed E-state index contributed by atoms with van der Waals surface area (Å²) in [6, 6.07) is 3.23. The van der Waals surface area contributed by atoms with Gasteiger partial charge in [-0.05, 0) is 12.1 Å². The van der Waals surface area contributed by atoms with Gasteiger partial charge in [-0.2, -0.15) is 0 Å². The molecule has 8 nitrogen and oxygen atoms in total. The Kier molecular flexibility index (Phi) is 4.63.